The molecule has 3 fully saturated rings. The van der Waals surface area contributed by atoms with E-state index in [1.165, 1.54) is 64.2 Å². The second-order valence-corrected chi connectivity index (χ2v) is 12.3. The van der Waals surface area contributed by atoms with Gasteiger partial charge in [0.1, 0.15) is 0 Å². The van der Waals surface area contributed by atoms with E-state index in [1.807, 2.05) is 0 Å². The van der Waals surface area contributed by atoms with Crippen molar-refractivity contribution >= 4 is 0 Å². The summed E-state index contributed by atoms with van der Waals surface area (Å²) in [5, 5.41) is 0. The van der Waals surface area contributed by atoms with E-state index in [-0.39, 0.29) is 0 Å². The highest BCUT2D eigenvalue weighted by Crippen LogP contribution is 2.67. The van der Waals surface area contributed by atoms with Gasteiger partial charge in [0.05, 0.1) is 0 Å². The van der Waals surface area contributed by atoms with Crippen molar-refractivity contribution in [3.63, 3.8) is 0 Å². The average molecular weight is 386 g/mol. The molecule has 2 N–H and O–H groups in total. The highest BCUT2D eigenvalue weighted by atomic mass is 14.7. The van der Waals surface area contributed by atoms with Crippen LogP contribution in [0, 0.1) is 52.3 Å². The highest BCUT2D eigenvalue weighted by molar-refractivity contribution is 5.18. The van der Waals surface area contributed by atoms with Crippen molar-refractivity contribution in [2.24, 2.45) is 58.0 Å². The highest BCUT2D eigenvalue weighted by Gasteiger charge is 2.59. The molecule has 0 heterocycles. The van der Waals surface area contributed by atoms with Crippen LogP contribution in [0.15, 0.2) is 12.2 Å². The number of hydrogen-bond donors (Lipinski definition) is 1. The molecule has 2 unspecified atom stereocenters. The molecule has 9 atom stereocenters. The van der Waals surface area contributed by atoms with Gasteiger partial charge in [-0.15, -0.1) is 0 Å². The first-order chi connectivity index (χ1) is 13.3. The molecule has 0 bridgehead atoms. The van der Waals surface area contributed by atoms with E-state index < -0.39 is 0 Å². The Hall–Kier alpha value is -0.300. The van der Waals surface area contributed by atoms with Gasteiger partial charge in [-0.2, -0.15) is 0 Å². The smallest absolute Gasteiger partial charge is 0.0226 e. The van der Waals surface area contributed by atoms with Crippen molar-refractivity contribution in [1.29, 1.82) is 0 Å². The van der Waals surface area contributed by atoms with Gasteiger partial charge in [0, 0.05) is 6.04 Å². The van der Waals surface area contributed by atoms with Crippen LogP contribution in [0.25, 0.3) is 0 Å². The first-order valence-corrected chi connectivity index (χ1v) is 12.7. The van der Waals surface area contributed by atoms with E-state index in [0.29, 0.717) is 16.9 Å². The minimum absolute atomic E-state index is 0.311. The molecule has 0 aromatic carbocycles. The predicted octanol–water partition coefficient (Wildman–Crippen LogP) is 7.21. The van der Waals surface area contributed by atoms with E-state index in [4.69, 9.17) is 5.73 Å². The van der Waals surface area contributed by atoms with Crippen LogP contribution in [-0.2, 0) is 0 Å². The van der Waals surface area contributed by atoms with Gasteiger partial charge in [-0.25, -0.2) is 0 Å². The number of fused-ring (bicyclic) bond motifs is 5. The lowest BCUT2D eigenvalue weighted by atomic mass is 9.45. The Balaban J connectivity index is 1.48. The van der Waals surface area contributed by atoms with Gasteiger partial charge in [0.2, 0.25) is 0 Å². The van der Waals surface area contributed by atoms with Crippen molar-refractivity contribution in [1.82, 2.24) is 0 Å². The van der Waals surface area contributed by atoms with E-state index in [9.17, 15) is 0 Å². The zero-order valence-electron chi connectivity index (χ0n) is 19.4. The van der Waals surface area contributed by atoms with Gasteiger partial charge in [-0.05, 0) is 97.2 Å². The zero-order valence-corrected chi connectivity index (χ0v) is 19.4. The molecule has 4 aliphatic rings. The number of rotatable bonds is 5. The first-order valence-electron chi connectivity index (χ1n) is 12.7. The SMILES string of the molecule is CC(C)CCCC(C)[C@H]1CC[C@H]2[C@@H]3CCC4C[C@H](N)C=C[C@]4(C)[C@H]3CC[C@]12C. The maximum absolute atomic E-state index is 6.30. The van der Waals surface area contributed by atoms with Gasteiger partial charge in [0.25, 0.3) is 0 Å². The van der Waals surface area contributed by atoms with E-state index in [1.54, 1.807) is 0 Å². The third-order valence-corrected chi connectivity index (χ3v) is 10.4. The maximum atomic E-state index is 6.30. The number of allylic oxidation sites excluding steroid dienone is 1. The lowest BCUT2D eigenvalue weighted by Crippen LogP contribution is -2.53. The molecule has 0 aliphatic heterocycles. The summed E-state index contributed by atoms with van der Waals surface area (Å²) in [6, 6.07) is 0.311. The molecule has 1 heteroatoms. The Bertz CT molecular complexity index is 579. The number of nitrogens with two attached hydrogens (primary N) is 1. The summed E-state index contributed by atoms with van der Waals surface area (Å²) in [6.07, 6.45) is 19.4. The Morgan fingerprint density at radius 3 is 2.50 bits per heavy atom. The predicted molar refractivity (Wildman–Crippen MR) is 121 cm³/mol. The van der Waals surface area contributed by atoms with Crippen molar-refractivity contribution in [3.05, 3.63) is 12.2 Å². The van der Waals surface area contributed by atoms with Crippen molar-refractivity contribution in [3.8, 4) is 0 Å². The number of hydrogen-bond acceptors (Lipinski definition) is 1. The fraction of sp³-hybridized carbons (Fsp3) is 0.926. The molecular formula is C27H47N. The fourth-order valence-corrected chi connectivity index (χ4v) is 8.86. The molecule has 0 spiro atoms. The molecule has 3 saturated carbocycles. The molecule has 4 aliphatic carbocycles. The van der Waals surface area contributed by atoms with Crippen LogP contribution in [0.3, 0.4) is 0 Å². The van der Waals surface area contributed by atoms with E-state index in [0.717, 1.165) is 41.4 Å². The lowest BCUT2D eigenvalue weighted by Gasteiger charge is -2.60. The molecule has 0 saturated heterocycles. The quantitative estimate of drug-likeness (QED) is 0.497. The topological polar surface area (TPSA) is 26.0 Å². The van der Waals surface area contributed by atoms with Gasteiger partial charge in [-0.1, -0.05) is 66.0 Å². The standard InChI is InChI=1S/C27H47N/c1-18(2)7-6-8-19(3)23-11-12-24-22-10-9-20-17-21(28)13-15-26(20,4)25(22)14-16-27(23,24)5/h13,15,18-25H,6-12,14,16-17,28H2,1-5H3/t19?,20?,21-,22+,23-,24+,25+,26+,27-/m1/s1. The molecular weight excluding hydrogens is 338 g/mol. The van der Waals surface area contributed by atoms with E-state index >= 15 is 0 Å². The Kier molecular flexibility index (Phi) is 5.80. The Morgan fingerprint density at radius 1 is 0.964 bits per heavy atom. The van der Waals surface area contributed by atoms with Crippen LogP contribution in [0.2, 0.25) is 0 Å². The summed E-state index contributed by atoms with van der Waals surface area (Å²) in [7, 11) is 0. The van der Waals surface area contributed by atoms with Crippen LogP contribution in [0.4, 0.5) is 0 Å². The molecule has 0 aromatic rings. The minimum atomic E-state index is 0.311. The van der Waals surface area contributed by atoms with Crippen LogP contribution >= 0.6 is 0 Å². The summed E-state index contributed by atoms with van der Waals surface area (Å²) in [4.78, 5) is 0. The third-order valence-electron chi connectivity index (χ3n) is 10.4. The summed E-state index contributed by atoms with van der Waals surface area (Å²) in [5.41, 5.74) is 7.35. The van der Waals surface area contributed by atoms with Crippen LogP contribution in [0.1, 0.15) is 98.8 Å². The van der Waals surface area contributed by atoms with Crippen molar-refractivity contribution in [2.45, 2.75) is 105 Å². The second kappa shape index (κ2) is 7.75. The zero-order chi connectivity index (χ0) is 20.1. The molecule has 28 heavy (non-hydrogen) atoms. The summed E-state index contributed by atoms with van der Waals surface area (Å²) < 4.78 is 0. The molecule has 0 radical (unpaired) electrons. The van der Waals surface area contributed by atoms with Gasteiger partial charge < -0.3 is 5.73 Å². The second-order valence-electron chi connectivity index (χ2n) is 12.3. The van der Waals surface area contributed by atoms with Crippen molar-refractivity contribution < 1.29 is 0 Å². The van der Waals surface area contributed by atoms with Crippen molar-refractivity contribution in [2.75, 3.05) is 0 Å². The van der Waals surface area contributed by atoms with Crippen LogP contribution in [-0.4, -0.2) is 6.04 Å². The largest absolute Gasteiger partial charge is 0.324 e. The maximum Gasteiger partial charge on any atom is 0.0226 e. The molecule has 0 amide bonds. The summed E-state index contributed by atoms with van der Waals surface area (Å²) >= 11 is 0. The molecule has 1 nitrogen and oxygen atoms in total. The molecule has 160 valence electrons. The van der Waals surface area contributed by atoms with Crippen LogP contribution < -0.4 is 5.73 Å². The summed E-state index contributed by atoms with van der Waals surface area (Å²) in [6.45, 7) is 12.7. The van der Waals surface area contributed by atoms with Gasteiger partial charge in [-0.3, -0.25) is 0 Å². The Morgan fingerprint density at radius 2 is 1.75 bits per heavy atom. The van der Waals surface area contributed by atoms with Gasteiger partial charge in [0.15, 0.2) is 0 Å². The van der Waals surface area contributed by atoms with E-state index in [2.05, 4.69) is 46.8 Å². The lowest BCUT2D eigenvalue weighted by molar-refractivity contribution is -0.0854. The Labute approximate surface area is 175 Å². The molecule has 4 rings (SSSR count). The summed E-state index contributed by atoms with van der Waals surface area (Å²) in [5.74, 6) is 6.49. The normalized spacial score (nSPS) is 48.8. The third kappa shape index (κ3) is 3.42. The average Bonchev–Trinajstić information content (AvgIpc) is 2.99. The molecule has 0 aromatic heterocycles. The van der Waals surface area contributed by atoms with Crippen LogP contribution in [0.5, 0.6) is 0 Å². The fourth-order valence-electron chi connectivity index (χ4n) is 8.86. The van der Waals surface area contributed by atoms with Gasteiger partial charge >= 0.3 is 0 Å². The minimum Gasteiger partial charge on any atom is -0.324 e. The monoisotopic (exact) mass is 385 g/mol. The first kappa shape index (κ1) is 21.0.